The molecule has 24 rings (SSSR count). The van der Waals surface area contributed by atoms with Crippen LogP contribution in [0.4, 0.5) is 0 Å². The number of aliphatic hydroxyl groups is 20. The predicted octanol–water partition coefficient (Wildman–Crippen LogP) is -6.46. The van der Waals surface area contributed by atoms with Crippen LogP contribution in [-0.4, -0.2) is 492 Å². The molecule has 14 bridgehead atoms. The smallest absolute Gasteiger partial charge is 0.307 e. The number of aryl methyl sites for hydroxylation is 1. The van der Waals surface area contributed by atoms with Gasteiger partial charge in [0.1, 0.15) is 182 Å². The van der Waals surface area contributed by atoms with Crippen LogP contribution in [0.1, 0.15) is 150 Å². The molecule has 0 radical (unpaired) electrons. The maximum Gasteiger partial charge on any atom is 0.307 e. The molecule has 0 saturated carbocycles. The van der Waals surface area contributed by atoms with Crippen LogP contribution in [0.2, 0.25) is 0 Å². The van der Waals surface area contributed by atoms with Gasteiger partial charge in [-0.3, -0.25) is 33.6 Å². The summed E-state index contributed by atoms with van der Waals surface area (Å²) >= 11 is 3.30. The van der Waals surface area contributed by atoms with E-state index in [1.54, 1.807) is 39.0 Å². The number of nitrogens with two attached hydrogens (primary N) is 1. The molecule has 25 N–H and O–H groups in total. The van der Waals surface area contributed by atoms with Crippen molar-refractivity contribution < 1.29 is 231 Å². The molecule has 16 unspecified atom stereocenters. The second kappa shape index (κ2) is 57.2. The van der Waals surface area contributed by atoms with Crippen molar-refractivity contribution in [2.75, 3.05) is 89.0 Å². The number of carboxylic acids is 2. The number of aromatic nitrogens is 1. The first-order chi connectivity index (χ1) is 69.2. The summed E-state index contributed by atoms with van der Waals surface area (Å²) < 4.78 is 106. The topological polar surface area (TPSA) is 785 Å². The molecule has 0 spiro atoms. The second-order valence-electron chi connectivity index (χ2n) is 39.5. The van der Waals surface area contributed by atoms with Crippen molar-refractivity contribution >= 4 is 82.1 Å². The van der Waals surface area contributed by atoms with Crippen molar-refractivity contribution in [3.05, 3.63) is 21.7 Å². The molecule has 23 aliphatic rings. The van der Waals surface area contributed by atoms with Gasteiger partial charge < -0.3 is 209 Å². The van der Waals surface area contributed by atoms with Gasteiger partial charge in [-0.15, -0.1) is 11.3 Å². The Kier molecular flexibility index (Phi) is 48.3. The molecule has 50 nitrogen and oxygen atoms in total. The Hall–Kier alpha value is -4.56. The number of fused-ring (bicyclic) bond motifs is 1. The molecule has 1 aromatic rings. The molecule has 24 heterocycles. The van der Waals surface area contributed by atoms with Crippen LogP contribution in [-0.2, 0) is 119 Å². The fourth-order valence-electron chi connectivity index (χ4n) is 18.9. The van der Waals surface area contributed by atoms with Crippen LogP contribution in [0, 0.1) is 36.0 Å². The molecule has 0 aliphatic carbocycles. The number of carboxylic acid groups (broad SMARTS) is 2. The van der Waals surface area contributed by atoms with Crippen LogP contribution in [0.25, 0.3) is 6.08 Å². The minimum absolute atomic E-state index is 0.0226. The van der Waals surface area contributed by atoms with Gasteiger partial charge in [0.25, 0.3) is 0 Å². The highest BCUT2D eigenvalue weighted by molar-refractivity contribution is 7.99. The minimum atomic E-state index is -2.31. The number of hydrogen-bond acceptors (Lipinski definition) is 50. The quantitative estimate of drug-likeness (QED) is 0.0171. The predicted molar refractivity (Wildman–Crippen MR) is 502 cm³/mol. The standard InChI is InChI=1S/C60H98O41S2.C33H53N3O6S/c1-3-21(52(82)83)16-102-18-29-50-36(73)43(80)59(93-29)98-48-27(14-64)89-55(39(76)32(48)69)95-45-24(11-61)88-54(38(75)31(45)68)96-46-26(13-63)92-58(42(79)35(46)72)101-51-30(19-103-17-22(53(84)85)10-23(67)5-7-87-9-8-86-6-4-20(2)66)94-60(44(81)37(51)74)99-49-28(15-65)90-56(40(77)33(49)70)97-47-25(12-62)91-57(100-50)41(78)34(47)71;1-20-12-11-14-33(7)27(42-33)17-25(21(2)16-24-19-43-23(4)35-24)36-28(38)18-26(37)32(5,6)31(40)22(3)30(20)41-29(39)13-9-8-10-15-34/h21-22,24-51,54-65,68-81H,3-19H2,1-2H3,(H,82,83)(H,84,85);16,19-20,22,25-27,30,37H,8-15,17-18,34H2,1-7H3,(H,36,38)/b;21-16+/t21?,22?,24?,25?,26?,27?,28?,29?,30?,31-,32-,33-,34-,35-,36-,37-,38?,39?,40?,41?,42?,43?,44?,45-,46-,47-,48-,49-,50-,51-,54-,55+,56+,57+,58-,59+,60-;20-,22+,25-,26-,27-,30-,33+/m10/s1. The van der Waals surface area contributed by atoms with Gasteiger partial charge in [0.2, 0.25) is 5.91 Å². The van der Waals surface area contributed by atoms with Gasteiger partial charge in [-0.1, -0.05) is 47.5 Å². The highest BCUT2D eigenvalue weighted by atomic mass is 32.2. The van der Waals surface area contributed by atoms with Crippen LogP contribution < -0.4 is 11.1 Å². The number of unbranched alkanes of at least 4 members (excludes halogenated alkanes) is 2. The van der Waals surface area contributed by atoms with Crippen molar-refractivity contribution in [1.82, 2.24) is 10.3 Å². The molecule has 0 aromatic carbocycles. The summed E-state index contributed by atoms with van der Waals surface area (Å²) in [7, 11) is 0. The number of aliphatic hydroxyl groups excluding tert-OH is 20. The van der Waals surface area contributed by atoms with Crippen LogP contribution in [0.5, 0.6) is 0 Å². The first-order valence-electron chi connectivity index (χ1n) is 49.4. The number of aliphatic carboxylic acids is 2. The summed E-state index contributed by atoms with van der Waals surface area (Å²) in [6.45, 7) is 11.5. The van der Waals surface area contributed by atoms with Crippen LogP contribution in [0.3, 0.4) is 0 Å². The zero-order valence-corrected chi connectivity index (χ0v) is 85.3. The van der Waals surface area contributed by atoms with E-state index in [1.807, 2.05) is 32.2 Å². The van der Waals surface area contributed by atoms with E-state index in [2.05, 4.69) is 17.2 Å². The molecule has 53 heteroatoms. The Morgan fingerprint density at radius 2 is 0.897 bits per heavy atom. The molecular formula is C93H151N3O47S3. The number of nitrogens with one attached hydrogen (secondary N) is 1. The third-order valence-corrected chi connectivity index (χ3v) is 31.4. The average molecular weight is 2160 g/mol. The number of thioether (sulfide) groups is 2. The molecular weight excluding hydrogens is 2010 g/mol. The molecule has 23 aliphatic heterocycles. The molecule has 146 heavy (non-hydrogen) atoms. The van der Waals surface area contributed by atoms with Crippen molar-refractivity contribution in [3.8, 4) is 0 Å². The number of carbonyl (C=O) groups excluding carboxylic acids is 5. The third-order valence-electron chi connectivity index (χ3n) is 28.2. The van der Waals surface area contributed by atoms with Gasteiger partial charge in [0, 0.05) is 60.5 Å². The summed E-state index contributed by atoms with van der Waals surface area (Å²) in [5.74, 6) is -8.35. The Labute approximate surface area is 855 Å². The summed E-state index contributed by atoms with van der Waals surface area (Å²) in [4.78, 5) is 93.3. The zero-order valence-electron chi connectivity index (χ0n) is 82.9. The molecule has 44 atom stereocenters. The van der Waals surface area contributed by atoms with Gasteiger partial charge in [-0.05, 0) is 83.9 Å². The summed E-state index contributed by atoms with van der Waals surface area (Å²) in [5.41, 5.74) is 5.84. The summed E-state index contributed by atoms with van der Waals surface area (Å²) in [6, 6.07) is -0.299. The van der Waals surface area contributed by atoms with E-state index in [1.165, 1.54) is 6.92 Å². The number of epoxide rings is 1. The normalized spacial score (nSPS) is 41.2. The molecule has 838 valence electrons. The Bertz CT molecular complexity index is 4250. The number of carbonyl (C=O) groups is 7. The van der Waals surface area contributed by atoms with Gasteiger partial charge in [-0.2, -0.15) is 23.5 Å². The van der Waals surface area contributed by atoms with Crippen LogP contribution in [0.15, 0.2) is 11.0 Å². The van der Waals surface area contributed by atoms with Gasteiger partial charge in [0.05, 0.1) is 136 Å². The van der Waals surface area contributed by atoms with E-state index in [9.17, 15) is 146 Å². The first-order valence-corrected chi connectivity index (χ1v) is 52.6. The number of ether oxygens (including phenoxy) is 18. The molecule has 1 aromatic heterocycles. The highest BCUT2D eigenvalue weighted by Crippen LogP contribution is 2.47. The lowest BCUT2D eigenvalue weighted by Gasteiger charge is -2.50. The fourth-order valence-corrected chi connectivity index (χ4v) is 22.0. The first kappa shape index (κ1) is 123. The van der Waals surface area contributed by atoms with E-state index >= 15 is 0 Å². The summed E-state index contributed by atoms with van der Waals surface area (Å²) in [5, 5.41) is 254. The monoisotopic (exact) mass is 2160 g/mol. The molecule has 23 saturated heterocycles. The van der Waals surface area contributed by atoms with Crippen molar-refractivity contribution in [1.29, 1.82) is 0 Å². The maximum absolute atomic E-state index is 13.9. The maximum atomic E-state index is 13.9. The number of hydrogen-bond donors (Lipinski definition) is 24. The lowest BCUT2D eigenvalue weighted by molar-refractivity contribution is -0.395. The average Bonchev–Trinajstić information content (AvgIpc) is 1.68. The van der Waals surface area contributed by atoms with Crippen molar-refractivity contribution in [2.24, 2.45) is 34.8 Å². The Morgan fingerprint density at radius 1 is 0.521 bits per heavy atom. The third kappa shape index (κ3) is 31.9. The molecule has 23 fully saturated rings. The molecule has 1 amide bonds. The van der Waals surface area contributed by atoms with E-state index in [0.29, 0.717) is 19.4 Å². The minimum Gasteiger partial charge on any atom is -0.481 e. The van der Waals surface area contributed by atoms with E-state index in [4.69, 9.17) is 91.0 Å². The van der Waals surface area contributed by atoms with Gasteiger partial charge in [0.15, 0.2) is 44.0 Å². The number of ketones is 3. The highest BCUT2D eigenvalue weighted by Gasteiger charge is 2.62. The Morgan fingerprint density at radius 3 is 1.25 bits per heavy atom. The van der Waals surface area contributed by atoms with Crippen molar-refractivity contribution in [2.45, 2.75) is 391 Å². The lowest BCUT2D eigenvalue weighted by Crippen LogP contribution is -2.68. The fraction of sp³-hybridized carbons (Fsp3) is 0.871. The van der Waals surface area contributed by atoms with E-state index in [-0.39, 0.29) is 123 Å². The number of Topliss-reactive ketones (excluding diaryl/α,β-unsaturated/α-hetero) is 3. The largest absolute Gasteiger partial charge is 0.481 e. The number of amides is 1. The van der Waals surface area contributed by atoms with Gasteiger partial charge >= 0.3 is 17.9 Å². The zero-order chi connectivity index (χ0) is 107. The Balaban J connectivity index is 0.000000422. The number of nitrogens with zero attached hydrogens (tertiary/aromatic N) is 1. The SMILES string of the molecule is C/C(=C\c1csc(C)n1)[C@@H]1C[C@@H]2O[C@]2(C)CCC[C@H](C)[C@H](OC(=O)CCCCCN)[C@@H](C)C(=O)C(C)(C)[C@@H](O)CC(=O)N1.CCC(CSCC1O[C@H]2O[C@@H]3C(CO)O[C@@H](O[C@@H]4C(CO)O[C@H](O[C@@H]5C(CO)O[C@H](O[C@@H]6C(CSCC(CC(=O)CCOCCOCCC(C)=O)C(=O)O)O[C@H](O[C@@H]7C(CO)O[C@@H](O[C@@H]8C(CO)O[C@@H](O[C@H]1[C@H](O)C2O)C(O)[C@H]8O)C(O)[C@H]7O)C(O)[C@H]6O)C(O)[C@H]5O)C(O)[C@H]4O)C(O)[C@H]3O)C(=O)O. The van der Waals surface area contributed by atoms with Crippen LogP contribution >= 0.6 is 34.9 Å². The van der Waals surface area contributed by atoms with E-state index in [0.717, 1.165) is 71.9 Å². The second-order valence-corrected chi connectivity index (χ2v) is 42.7. The van der Waals surface area contributed by atoms with E-state index < -0.39 is 313 Å². The number of esters is 1. The number of thiazole rings is 1. The lowest BCUT2D eigenvalue weighted by atomic mass is 9.72. The van der Waals surface area contributed by atoms with Crippen molar-refractivity contribution in [3.63, 3.8) is 0 Å². The summed E-state index contributed by atoms with van der Waals surface area (Å²) in [6.07, 6.45) is -67.1. The van der Waals surface area contributed by atoms with Gasteiger partial charge in [-0.25, -0.2) is 4.98 Å². The number of rotatable bonds is 35.